The Kier molecular flexibility index (Phi) is 4.23. The molecule has 0 bridgehead atoms. The average Bonchev–Trinajstić information content (AvgIpc) is 3.02. The summed E-state index contributed by atoms with van der Waals surface area (Å²) in [6.07, 6.45) is 5.17. The molecule has 2 N–H and O–H groups in total. The van der Waals surface area contributed by atoms with Gasteiger partial charge in [0.15, 0.2) is 0 Å². The molecule has 1 aliphatic carbocycles. The molecule has 96 valence electrons. The fraction of sp³-hybridized carbons (Fsp3) is 0.714. The lowest BCUT2D eigenvalue weighted by Gasteiger charge is -2.44. The van der Waals surface area contributed by atoms with E-state index in [1.165, 1.54) is 31.2 Å². The lowest BCUT2D eigenvalue weighted by atomic mass is 9.83. The third-order valence-corrected chi connectivity index (χ3v) is 5.05. The van der Waals surface area contributed by atoms with Gasteiger partial charge in [0.05, 0.1) is 0 Å². The van der Waals surface area contributed by atoms with E-state index in [0.717, 1.165) is 13.1 Å². The van der Waals surface area contributed by atoms with E-state index in [1.54, 1.807) is 11.3 Å². The zero-order chi connectivity index (χ0) is 12.3. The van der Waals surface area contributed by atoms with Gasteiger partial charge in [-0.3, -0.25) is 4.90 Å². The summed E-state index contributed by atoms with van der Waals surface area (Å²) in [7, 11) is 0. The first kappa shape index (κ1) is 13.1. The van der Waals surface area contributed by atoms with Gasteiger partial charge in [-0.15, -0.1) is 0 Å². The smallest absolute Gasteiger partial charge is 0.0490 e. The molecule has 1 saturated carbocycles. The van der Waals surface area contributed by atoms with Crippen molar-refractivity contribution >= 4 is 11.3 Å². The van der Waals surface area contributed by atoms with Crippen LogP contribution >= 0.6 is 11.3 Å². The largest absolute Gasteiger partial charge is 0.322 e. The zero-order valence-electron chi connectivity index (χ0n) is 11.0. The van der Waals surface area contributed by atoms with E-state index in [0.29, 0.717) is 0 Å². The van der Waals surface area contributed by atoms with E-state index in [9.17, 15) is 0 Å². The molecular weight excluding hydrogens is 228 g/mol. The minimum absolute atomic E-state index is 0.177. The maximum atomic E-state index is 6.60. The van der Waals surface area contributed by atoms with Crippen molar-refractivity contribution in [3.05, 3.63) is 22.4 Å². The number of likely N-dealkylation sites (N-methyl/N-ethyl adjacent to an activating group) is 1. The van der Waals surface area contributed by atoms with Crippen LogP contribution in [0.25, 0.3) is 0 Å². The number of nitrogens with zero attached hydrogens (tertiary/aromatic N) is 1. The molecule has 1 aliphatic rings. The van der Waals surface area contributed by atoms with E-state index < -0.39 is 0 Å². The van der Waals surface area contributed by atoms with Gasteiger partial charge in [-0.1, -0.05) is 26.7 Å². The summed E-state index contributed by atoms with van der Waals surface area (Å²) >= 11 is 1.75. The molecule has 0 radical (unpaired) electrons. The van der Waals surface area contributed by atoms with Crippen LogP contribution in [0.3, 0.4) is 0 Å². The quantitative estimate of drug-likeness (QED) is 0.870. The van der Waals surface area contributed by atoms with E-state index in [2.05, 4.69) is 35.6 Å². The molecule has 1 aromatic rings. The predicted octanol–water partition coefficient (Wildman–Crippen LogP) is 3.40. The second kappa shape index (κ2) is 5.51. The van der Waals surface area contributed by atoms with Gasteiger partial charge in [-0.25, -0.2) is 0 Å². The molecule has 1 atom stereocenters. The van der Waals surface area contributed by atoms with Crippen LogP contribution in [0.1, 0.15) is 51.1 Å². The Morgan fingerprint density at radius 1 is 1.35 bits per heavy atom. The van der Waals surface area contributed by atoms with Crippen LogP contribution < -0.4 is 5.73 Å². The standard InChI is InChI=1S/C14H24N2S/c1-3-16(4-2)14(8-5-6-9-14)13(15)12-7-10-17-11-12/h7,10-11,13H,3-6,8-9,15H2,1-2H3. The highest BCUT2D eigenvalue weighted by Crippen LogP contribution is 2.43. The molecule has 1 unspecified atom stereocenters. The molecular formula is C14H24N2S. The number of hydrogen-bond donors (Lipinski definition) is 1. The van der Waals surface area contributed by atoms with Gasteiger partial charge >= 0.3 is 0 Å². The van der Waals surface area contributed by atoms with Crippen LogP contribution in [-0.2, 0) is 0 Å². The van der Waals surface area contributed by atoms with Crippen molar-refractivity contribution in [2.24, 2.45) is 5.73 Å². The number of thiophene rings is 1. The summed E-state index contributed by atoms with van der Waals surface area (Å²) < 4.78 is 0. The minimum atomic E-state index is 0.177. The van der Waals surface area contributed by atoms with Crippen molar-refractivity contribution in [1.82, 2.24) is 4.90 Å². The third-order valence-electron chi connectivity index (χ3n) is 4.34. The SMILES string of the molecule is CCN(CC)C1(C(N)c2ccsc2)CCCC1. The molecule has 1 aromatic heterocycles. The fourth-order valence-electron chi connectivity index (χ4n) is 3.43. The van der Waals surface area contributed by atoms with Crippen LogP contribution in [0.4, 0.5) is 0 Å². The van der Waals surface area contributed by atoms with Gasteiger partial charge in [-0.05, 0) is 48.3 Å². The van der Waals surface area contributed by atoms with Gasteiger partial charge in [-0.2, -0.15) is 11.3 Å². The third kappa shape index (κ3) is 2.28. The number of nitrogens with two attached hydrogens (primary N) is 1. The minimum Gasteiger partial charge on any atom is -0.322 e. The Bertz CT molecular complexity index is 324. The van der Waals surface area contributed by atoms with Crippen LogP contribution in [0.2, 0.25) is 0 Å². The summed E-state index contributed by atoms with van der Waals surface area (Å²) in [5.41, 5.74) is 8.13. The monoisotopic (exact) mass is 252 g/mol. The van der Waals surface area contributed by atoms with Gasteiger partial charge in [0.25, 0.3) is 0 Å². The molecule has 2 rings (SSSR count). The van der Waals surface area contributed by atoms with E-state index in [1.807, 2.05) is 0 Å². The molecule has 3 heteroatoms. The summed E-state index contributed by atoms with van der Waals surface area (Å²) in [6, 6.07) is 2.37. The second-order valence-corrected chi connectivity index (χ2v) is 5.80. The van der Waals surface area contributed by atoms with Gasteiger partial charge in [0, 0.05) is 11.6 Å². The first-order valence-corrected chi connectivity index (χ1v) is 7.71. The molecule has 0 spiro atoms. The van der Waals surface area contributed by atoms with Crippen LogP contribution in [-0.4, -0.2) is 23.5 Å². The molecule has 0 aromatic carbocycles. The summed E-state index contributed by atoms with van der Waals surface area (Å²) in [5, 5.41) is 4.36. The number of rotatable bonds is 5. The highest BCUT2D eigenvalue weighted by atomic mass is 32.1. The number of hydrogen-bond acceptors (Lipinski definition) is 3. The molecule has 2 nitrogen and oxygen atoms in total. The Morgan fingerprint density at radius 2 is 2.00 bits per heavy atom. The lowest BCUT2D eigenvalue weighted by molar-refractivity contribution is 0.0772. The Balaban J connectivity index is 2.27. The predicted molar refractivity (Wildman–Crippen MR) is 75.4 cm³/mol. The topological polar surface area (TPSA) is 29.3 Å². The molecule has 0 aliphatic heterocycles. The highest BCUT2D eigenvalue weighted by molar-refractivity contribution is 7.07. The molecule has 1 fully saturated rings. The van der Waals surface area contributed by atoms with Crippen molar-refractivity contribution in [2.45, 2.75) is 51.1 Å². The normalized spacial score (nSPS) is 20.9. The second-order valence-electron chi connectivity index (χ2n) is 5.02. The van der Waals surface area contributed by atoms with E-state index in [-0.39, 0.29) is 11.6 Å². The zero-order valence-corrected chi connectivity index (χ0v) is 11.8. The lowest BCUT2D eigenvalue weighted by Crippen LogP contribution is -2.53. The van der Waals surface area contributed by atoms with Gasteiger partial charge < -0.3 is 5.73 Å². The first-order chi connectivity index (χ1) is 8.24. The average molecular weight is 252 g/mol. The summed E-state index contributed by atoms with van der Waals surface area (Å²) in [6.45, 7) is 6.72. The molecule has 0 saturated heterocycles. The first-order valence-electron chi connectivity index (χ1n) is 6.77. The Labute approximate surface area is 109 Å². The van der Waals surface area contributed by atoms with E-state index in [4.69, 9.17) is 5.73 Å². The van der Waals surface area contributed by atoms with Crippen molar-refractivity contribution < 1.29 is 0 Å². The Hall–Kier alpha value is -0.380. The highest BCUT2D eigenvalue weighted by Gasteiger charge is 2.43. The summed E-state index contributed by atoms with van der Waals surface area (Å²) in [4.78, 5) is 2.59. The van der Waals surface area contributed by atoms with Gasteiger partial charge in [0.2, 0.25) is 0 Å². The maximum absolute atomic E-state index is 6.60. The van der Waals surface area contributed by atoms with Crippen LogP contribution in [0.15, 0.2) is 16.8 Å². The summed E-state index contributed by atoms with van der Waals surface area (Å²) in [5.74, 6) is 0. The maximum Gasteiger partial charge on any atom is 0.0490 e. The van der Waals surface area contributed by atoms with Crippen LogP contribution in [0, 0.1) is 0 Å². The van der Waals surface area contributed by atoms with Crippen molar-refractivity contribution in [3.8, 4) is 0 Å². The van der Waals surface area contributed by atoms with E-state index >= 15 is 0 Å². The van der Waals surface area contributed by atoms with Gasteiger partial charge in [0.1, 0.15) is 0 Å². The van der Waals surface area contributed by atoms with Crippen molar-refractivity contribution in [1.29, 1.82) is 0 Å². The molecule has 1 heterocycles. The van der Waals surface area contributed by atoms with Crippen LogP contribution in [0.5, 0.6) is 0 Å². The van der Waals surface area contributed by atoms with Crippen molar-refractivity contribution in [3.63, 3.8) is 0 Å². The molecule has 17 heavy (non-hydrogen) atoms. The Morgan fingerprint density at radius 3 is 2.47 bits per heavy atom. The molecule has 0 amide bonds. The van der Waals surface area contributed by atoms with Crippen molar-refractivity contribution in [2.75, 3.05) is 13.1 Å². The fourth-order valence-corrected chi connectivity index (χ4v) is 4.12.